The first kappa shape index (κ1) is 17.7. The molecule has 4 rings (SSSR count). The summed E-state index contributed by atoms with van der Waals surface area (Å²) >= 11 is 0. The third-order valence-electron chi connectivity index (χ3n) is 4.54. The molecule has 0 fully saturated rings. The van der Waals surface area contributed by atoms with Crippen LogP contribution in [-0.4, -0.2) is 30.5 Å². The summed E-state index contributed by atoms with van der Waals surface area (Å²) in [5.74, 6) is -0.0986. The van der Waals surface area contributed by atoms with Crippen molar-refractivity contribution in [3.63, 3.8) is 0 Å². The van der Waals surface area contributed by atoms with Gasteiger partial charge in [0.2, 0.25) is 0 Å². The molecule has 0 aliphatic rings. The van der Waals surface area contributed by atoms with Crippen molar-refractivity contribution in [1.29, 1.82) is 0 Å². The summed E-state index contributed by atoms with van der Waals surface area (Å²) in [5, 5.41) is 11.3. The van der Waals surface area contributed by atoms with Gasteiger partial charge in [-0.2, -0.15) is 10.2 Å². The van der Waals surface area contributed by atoms with Crippen molar-refractivity contribution in [2.45, 2.75) is 19.5 Å². The van der Waals surface area contributed by atoms with E-state index in [0.717, 1.165) is 16.8 Å². The van der Waals surface area contributed by atoms with E-state index in [2.05, 4.69) is 20.5 Å². The Kier molecular flexibility index (Phi) is 4.97. The molecule has 0 radical (unpaired) electrons. The molecule has 4 aromatic rings. The van der Waals surface area contributed by atoms with Crippen LogP contribution in [0, 0.1) is 0 Å². The van der Waals surface area contributed by atoms with Crippen molar-refractivity contribution in [2.24, 2.45) is 0 Å². The van der Waals surface area contributed by atoms with E-state index in [-0.39, 0.29) is 11.9 Å². The SMILES string of the molecule is C[C@@H](NC(=O)c1ccc(Cn2cccn2)cc1)c1ccc(-n2cncn2)cc1. The molecule has 1 N–H and O–H groups in total. The monoisotopic (exact) mass is 372 g/mol. The van der Waals surface area contributed by atoms with E-state index >= 15 is 0 Å². The number of aromatic nitrogens is 5. The van der Waals surface area contributed by atoms with E-state index in [4.69, 9.17) is 0 Å². The van der Waals surface area contributed by atoms with Gasteiger partial charge >= 0.3 is 0 Å². The number of amides is 1. The Morgan fingerprint density at radius 3 is 2.50 bits per heavy atom. The second-order valence-electron chi connectivity index (χ2n) is 6.53. The number of hydrogen-bond acceptors (Lipinski definition) is 4. The van der Waals surface area contributed by atoms with Gasteiger partial charge in [0.15, 0.2) is 0 Å². The molecule has 2 heterocycles. The number of nitrogens with zero attached hydrogens (tertiary/aromatic N) is 5. The normalized spacial score (nSPS) is 11.9. The quantitative estimate of drug-likeness (QED) is 0.564. The molecule has 2 aromatic heterocycles. The van der Waals surface area contributed by atoms with Crippen LogP contribution in [0.25, 0.3) is 5.69 Å². The largest absolute Gasteiger partial charge is 0.346 e. The van der Waals surface area contributed by atoms with Crippen LogP contribution in [0.2, 0.25) is 0 Å². The van der Waals surface area contributed by atoms with Crippen molar-refractivity contribution < 1.29 is 4.79 Å². The molecular formula is C21H20N6O. The van der Waals surface area contributed by atoms with Gasteiger partial charge in [0.05, 0.1) is 18.3 Å². The number of hydrogen-bond donors (Lipinski definition) is 1. The van der Waals surface area contributed by atoms with Crippen molar-refractivity contribution in [3.05, 3.63) is 96.3 Å². The summed E-state index contributed by atoms with van der Waals surface area (Å²) in [7, 11) is 0. The Bertz CT molecular complexity index is 1020. The van der Waals surface area contributed by atoms with Crippen molar-refractivity contribution >= 4 is 5.91 Å². The molecule has 0 bridgehead atoms. The molecule has 2 aromatic carbocycles. The lowest BCUT2D eigenvalue weighted by Crippen LogP contribution is -2.26. The summed E-state index contributed by atoms with van der Waals surface area (Å²) in [6.07, 6.45) is 6.81. The highest BCUT2D eigenvalue weighted by Gasteiger charge is 2.12. The Balaban J connectivity index is 1.38. The van der Waals surface area contributed by atoms with Gasteiger partial charge in [0.25, 0.3) is 5.91 Å². The van der Waals surface area contributed by atoms with Gasteiger partial charge in [-0.25, -0.2) is 9.67 Å². The second-order valence-corrected chi connectivity index (χ2v) is 6.53. The van der Waals surface area contributed by atoms with Gasteiger partial charge in [-0.05, 0) is 48.4 Å². The minimum absolute atomic E-state index is 0.0986. The fourth-order valence-electron chi connectivity index (χ4n) is 2.96. The standard InChI is InChI=1S/C21H20N6O/c1-16(18-7-9-20(10-8-18)27-15-22-14-24-27)25-21(28)19-5-3-17(4-6-19)13-26-12-2-11-23-26/h2-12,14-16H,13H2,1H3,(H,25,28)/t16-/m1/s1. The highest BCUT2D eigenvalue weighted by molar-refractivity contribution is 5.94. The first-order valence-corrected chi connectivity index (χ1v) is 9.01. The van der Waals surface area contributed by atoms with Gasteiger partial charge in [0, 0.05) is 18.0 Å². The highest BCUT2D eigenvalue weighted by Crippen LogP contribution is 2.16. The molecule has 0 spiro atoms. The first-order chi connectivity index (χ1) is 13.7. The van der Waals surface area contributed by atoms with E-state index in [9.17, 15) is 4.79 Å². The predicted molar refractivity (Wildman–Crippen MR) is 105 cm³/mol. The van der Waals surface area contributed by atoms with Gasteiger partial charge < -0.3 is 5.32 Å². The van der Waals surface area contributed by atoms with Crippen molar-refractivity contribution in [1.82, 2.24) is 29.9 Å². The van der Waals surface area contributed by atoms with E-state index in [1.807, 2.05) is 72.4 Å². The van der Waals surface area contributed by atoms with E-state index in [1.54, 1.807) is 17.2 Å². The molecule has 7 heteroatoms. The molecule has 0 unspecified atom stereocenters. The Hall–Kier alpha value is -3.74. The molecular weight excluding hydrogens is 352 g/mol. The fraction of sp³-hybridized carbons (Fsp3) is 0.143. The van der Waals surface area contributed by atoms with Crippen molar-refractivity contribution in [2.75, 3.05) is 0 Å². The van der Waals surface area contributed by atoms with E-state index in [1.165, 1.54) is 6.33 Å². The smallest absolute Gasteiger partial charge is 0.251 e. The summed E-state index contributed by atoms with van der Waals surface area (Å²) in [6, 6.07) is 17.2. The Morgan fingerprint density at radius 1 is 1.07 bits per heavy atom. The summed E-state index contributed by atoms with van der Waals surface area (Å²) < 4.78 is 3.54. The number of rotatable bonds is 6. The lowest BCUT2D eigenvalue weighted by molar-refractivity contribution is 0.0940. The Labute approximate surface area is 162 Å². The molecule has 140 valence electrons. The maximum absolute atomic E-state index is 12.6. The van der Waals surface area contributed by atoms with Gasteiger partial charge in [0.1, 0.15) is 12.7 Å². The van der Waals surface area contributed by atoms with Crippen LogP contribution < -0.4 is 5.32 Å². The van der Waals surface area contributed by atoms with E-state index in [0.29, 0.717) is 12.1 Å². The molecule has 7 nitrogen and oxygen atoms in total. The van der Waals surface area contributed by atoms with Crippen LogP contribution in [0.3, 0.4) is 0 Å². The highest BCUT2D eigenvalue weighted by atomic mass is 16.1. The minimum Gasteiger partial charge on any atom is -0.346 e. The molecule has 0 aliphatic heterocycles. The van der Waals surface area contributed by atoms with Gasteiger partial charge in [-0.1, -0.05) is 24.3 Å². The lowest BCUT2D eigenvalue weighted by Gasteiger charge is -2.15. The minimum atomic E-state index is -0.110. The molecule has 1 atom stereocenters. The summed E-state index contributed by atoms with van der Waals surface area (Å²) in [6.45, 7) is 2.65. The summed E-state index contributed by atoms with van der Waals surface area (Å²) in [5.41, 5.74) is 3.67. The predicted octanol–water partition coefficient (Wildman–Crippen LogP) is 3.00. The van der Waals surface area contributed by atoms with Gasteiger partial charge in [-0.15, -0.1) is 0 Å². The number of nitrogens with one attached hydrogen (secondary N) is 1. The Morgan fingerprint density at radius 2 is 1.86 bits per heavy atom. The topological polar surface area (TPSA) is 77.6 Å². The number of benzene rings is 2. The van der Waals surface area contributed by atoms with Crippen LogP contribution in [0.5, 0.6) is 0 Å². The number of carbonyl (C=O) groups excluding carboxylic acids is 1. The third kappa shape index (κ3) is 3.98. The maximum Gasteiger partial charge on any atom is 0.251 e. The van der Waals surface area contributed by atoms with Crippen LogP contribution >= 0.6 is 0 Å². The van der Waals surface area contributed by atoms with Crippen molar-refractivity contribution in [3.8, 4) is 5.69 Å². The molecule has 0 saturated carbocycles. The number of carbonyl (C=O) groups is 1. The second kappa shape index (κ2) is 7.87. The maximum atomic E-state index is 12.6. The third-order valence-corrected chi connectivity index (χ3v) is 4.54. The van der Waals surface area contributed by atoms with Crippen LogP contribution in [0.15, 0.2) is 79.6 Å². The first-order valence-electron chi connectivity index (χ1n) is 9.01. The van der Waals surface area contributed by atoms with Crippen LogP contribution in [0.4, 0.5) is 0 Å². The molecule has 28 heavy (non-hydrogen) atoms. The zero-order valence-electron chi connectivity index (χ0n) is 15.4. The average Bonchev–Trinajstić information content (AvgIpc) is 3.43. The zero-order chi connectivity index (χ0) is 19.3. The van der Waals surface area contributed by atoms with Crippen LogP contribution in [-0.2, 0) is 6.54 Å². The van der Waals surface area contributed by atoms with Crippen LogP contribution in [0.1, 0.15) is 34.5 Å². The lowest BCUT2D eigenvalue weighted by atomic mass is 10.1. The van der Waals surface area contributed by atoms with E-state index < -0.39 is 0 Å². The summed E-state index contributed by atoms with van der Waals surface area (Å²) in [4.78, 5) is 16.5. The molecule has 0 aliphatic carbocycles. The van der Waals surface area contributed by atoms with Gasteiger partial charge in [-0.3, -0.25) is 9.48 Å². The average molecular weight is 372 g/mol. The fourth-order valence-corrected chi connectivity index (χ4v) is 2.96. The molecule has 0 saturated heterocycles. The molecule has 1 amide bonds. The zero-order valence-corrected chi connectivity index (χ0v) is 15.4.